The molecule has 0 N–H and O–H groups in total. The Kier molecular flexibility index (Phi) is 41.8. The molecule has 0 saturated heterocycles. The van der Waals surface area contributed by atoms with E-state index in [0.717, 1.165) is 122 Å². The van der Waals surface area contributed by atoms with Crippen molar-refractivity contribution < 1.29 is 38.2 Å². The van der Waals surface area contributed by atoms with Gasteiger partial charge in [-0.2, -0.15) is 0 Å². The lowest BCUT2D eigenvalue weighted by atomic mass is 10.1. The summed E-state index contributed by atoms with van der Waals surface area (Å²) in [5.41, 5.74) is 0. The van der Waals surface area contributed by atoms with E-state index in [1.54, 1.807) is 21.1 Å². The third kappa shape index (κ3) is 43.0. The second kappa shape index (κ2) is 44.6. The van der Waals surface area contributed by atoms with Gasteiger partial charge in [0, 0.05) is 19.3 Å². The van der Waals surface area contributed by atoms with Gasteiger partial charge in [0.1, 0.15) is 12.6 Å². The first kappa shape index (κ1) is 59.0. The molecule has 0 aromatic heterocycles. The number of rotatable bonds is 42. The third-order valence-corrected chi connectivity index (χ3v) is 10.2. The normalized spacial score (nSPS) is 13.9. The Hall–Kier alpha value is -4.01. The van der Waals surface area contributed by atoms with Crippen LogP contribution in [0.25, 0.3) is 0 Å². The number of esters is 2. The number of carboxylic acids is 1. The quantitative estimate of drug-likeness (QED) is 0.0260. The first-order chi connectivity index (χ1) is 30.6. The van der Waals surface area contributed by atoms with Crippen LogP contribution in [0.2, 0.25) is 0 Å². The fraction of sp³-hybridized carbons (Fsp3) is 0.618. The minimum atomic E-state index is -1.14. The number of quaternary nitrogens is 1. The zero-order valence-electron chi connectivity index (χ0n) is 40.4. The molecule has 0 amide bonds. The average Bonchev–Trinajstić information content (AvgIpc) is 3.24. The summed E-state index contributed by atoms with van der Waals surface area (Å²) in [7, 11) is 5.39. The van der Waals surface area contributed by atoms with Gasteiger partial charge in [-0.25, -0.2) is 0 Å². The first-order valence-electron chi connectivity index (χ1n) is 24.4. The van der Waals surface area contributed by atoms with Crippen molar-refractivity contribution in [1.82, 2.24) is 0 Å². The molecular formula is C55H89NO7. The Balaban J connectivity index is 4.39. The minimum Gasteiger partial charge on any atom is -0.544 e. The van der Waals surface area contributed by atoms with Crippen molar-refractivity contribution in [3.8, 4) is 0 Å². The van der Waals surface area contributed by atoms with Crippen LogP contribution in [0.15, 0.2) is 109 Å². The van der Waals surface area contributed by atoms with Gasteiger partial charge < -0.3 is 28.6 Å². The molecular weight excluding hydrogens is 787 g/mol. The van der Waals surface area contributed by atoms with Crippen molar-refractivity contribution in [2.45, 2.75) is 180 Å². The maximum atomic E-state index is 12.8. The van der Waals surface area contributed by atoms with Gasteiger partial charge in [-0.1, -0.05) is 162 Å². The van der Waals surface area contributed by atoms with Crippen molar-refractivity contribution in [2.75, 3.05) is 41.0 Å². The van der Waals surface area contributed by atoms with Gasteiger partial charge in [-0.3, -0.25) is 9.59 Å². The van der Waals surface area contributed by atoms with Crippen molar-refractivity contribution in [3.05, 3.63) is 109 Å². The summed E-state index contributed by atoms with van der Waals surface area (Å²) in [6, 6.07) is -0.740. The van der Waals surface area contributed by atoms with E-state index in [4.69, 9.17) is 14.2 Å². The monoisotopic (exact) mass is 876 g/mol. The molecule has 356 valence electrons. The number of carbonyl (C=O) groups is 3. The largest absolute Gasteiger partial charge is 0.544 e. The van der Waals surface area contributed by atoms with Gasteiger partial charge in [-0.15, -0.1) is 0 Å². The second-order valence-corrected chi connectivity index (χ2v) is 16.9. The number of hydrogen-bond acceptors (Lipinski definition) is 7. The molecule has 0 spiro atoms. The first-order valence-corrected chi connectivity index (χ1v) is 24.4. The topological polar surface area (TPSA) is 102 Å². The Bertz CT molecular complexity index is 1390. The van der Waals surface area contributed by atoms with E-state index < -0.39 is 18.1 Å². The Labute approximate surface area is 385 Å². The van der Waals surface area contributed by atoms with Crippen LogP contribution in [-0.4, -0.2) is 75.5 Å². The van der Waals surface area contributed by atoms with Gasteiger partial charge in [0.2, 0.25) is 0 Å². The van der Waals surface area contributed by atoms with Crippen molar-refractivity contribution in [2.24, 2.45) is 0 Å². The standard InChI is InChI=1S/C55H89NO7/c1-6-8-10-12-14-16-18-20-22-24-26-28-30-32-34-36-38-40-42-44-46-54(58)63-51(49-61-48-47-52(55(59)60)56(3,4)5)50-62-53(57)45-43-41-39-37-35-33-31-29-27-25-23-21-19-17-15-13-11-9-7-2/h8-11,14-17,20-23,26-29,32,34,51-52H,6-7,12-13,18-19,24-25,30-31,33,35-50H2,1-5H3/b10-8+,11-9+,16-14+,17-15+,22-20+,23-21+,28-26+,29-27+,34-32+. The van der Waals surface area contributed by atoms with Crippen LogP contribution >= 0.6 is 0 Å². The molecule has 0 aliphatic rings. The second-order valence-electron chi connectivity index (χ2n) is 16.9. The summed E-state index contributed by atoms with van der Waals surface area (Å²) in [5, 5.41) is 11.7. The predicted octanol–water partition coefficient (Wildman–Crippen LogP) is 12.7. The smallest absolute Gasteiger partial charge is 0.306 e. The summed E-state index contributed by atoms with van der Waals surface area (Å²) < 4.78 is 17.2. The summed E-state index contributed by atoms with van der Waals surface area (Å²) in [6.45, 7) is 4.38. The molecule has 63 heavy (non-hydrogen) atoms. The summed E-state index contributed by atoms with van der Waals surface area (Å²) in [4.78, 5) is 37.0. The Morgan fingerprint density at radius 2 is 0.841 bits per heavy atom. The van der Waals surface area contributed by atoms with E-state index in [-0.39, 0.29) is 49.1 Å². The van der Waals surface area contributed by atoms with Crippen LogP contribution in [0.1, 0.15) is 168 Å². The minimum absolute atomic E-state index is 0.0179. The number of ether oxygens (including phenoxy) is 3. The molecule has 0 aromatic rings. The lowest BCUT2D eigenvalue weighted by Gasteiger charge is -2.34. The highest BCUT2D eigenvalue weighted by molar-refractivity contribution is 5.70. The number of unbranched alkanes of at least 4 members (excludes halogenated alkanes) is 10. The number of aliphatic carboxylic acids is 1. The number of hydrogen-bond donors (Lipinski definition) is 0. The maximum absolute atomic E-state index is 12.8. The van der Waals surface area contributed by atoms with Crippen LogP contribution in [0.5, 0.6) is 0 Å². The van der Waals surface area contributed by atoms with Crippen molar-refractivity contribution in [3.63, 3.8) is 0 Å². The van der Waals surface area contributed by atoms with Crippen LogP contribution in [0, 0.1) is 0 Å². The molecule has 8 heteroatoms. The molecule has 2 atom stereocenters. The predicted molar refractivity (Wildman–Crippen MR) is 263 cm³/mol. The number of carbonyl (C=O) groups excluding carboxylic acids is 3. The molecule has 0 rings (SSSR count). The van der Waals surface area contributed by atoms with Crippen LogP contribution < -0.4 is 5.11 Å². The lowest BCUT2D eigenvalue weighted by Crippen LogP contribution is -2.55. The van der Waals surface area contributed by atoms with Crippen molar-refractivity contribution in [1.29, 1.82) is 0 Å². The van der Waals surface area contributed by atoms with E-state index in [2.05, 4.69) is 123 Å². The Morgan fingerprint density at radius 3 is 1.24 bits per heavy atom. The Morgan fingerprint density at radius 1 is 0.476 bits per heavy atom. The molecule has 0 heterocycles. The van der Waals surface area contributed by atoms with Crippen LogP contribution in [-0.2, 0) is 28.6 Å². The van der Waals surface area contributed by atoms with E-state index in [1.165, 1.54) is 12.8 Å². The SMILES string of the molecule is CC/C=C/C/C=C/C/C=C/C/C=C/C/C=C/CCCCCCC(=O)OC(COCCC(C(=O)[O-])[N+](C)(C)C)COC(=O)CCCCCCCC/C=C/C/C=C/C/C=C/C/C=C/CC. The van der Waals surface area contributed by atoms with E-state index in [1.807, 2.05) is 0 Å². The van der Waals surface area contributed by atoms with E-state index in [9.17, 15) is 19.5 Å². The molecule has 8 nitrogen and oxygen atoms in total. The fourth-order valence-corrected chi connectivity index (χ4v) is 6.44. The number of carboxylic acid groups (broad SMARTS) is 1. The van der Waals surface area contributed by atoms with Gasteiger partial charge in [0.05, 0.1) is 40.3 Å². The molecule has 0 fully saturated rings. The molecule has 0 bridgehead atoms. The summed E-state index contributed by atoms with van der Waals surface area (Å²) >= 11 is 0. The highest BCUT2D eigenvalue weighted by atomic mass is 16.6. The highest BCUT2D eigenvalue weighted by Gasteiger charge is 2.25. The number of likely N-dealkylation sites (N-methyl/N-ethyl adjacent to an activating group) is 1. The lowest BCUT2D eigenvalue weighted by molar-refractivity contribution is -0.889. The number of nitrogens with zero attached hydrogens (tertiary/aromatic N) is 1. The fourth-order valence-electron chi connectivity index (χ4n) is 6.44. The maximum Gasteiger partial charge on any atom is 0.306 e. The van der Waals surface area contributed by atoms with Crippen molar-refractivity contribution >= 4 is 17.9 Å². The average molecular weight is 876 g/mol. The van der Waals surface area contributed by atoms with E-state index >= 15 is 0 Å². The summed E-state index contributed by atoms with van der Waals surface area (Å²) in [6.07, 6.45) is 61.1. The molecule has 0 aliphatic heterocycles. The van der Waals surface area contributed by atoms with E-state index in [0.29, 0.717) is 6.42 Å². The van der Waals surface area contributed by atoms with Gasteiger partial charge in [0.15, 0.2) is 6.10 Å². The molecule has 0 aromatic carbocycles. The van der Waals surface area contributed by atoms with Gasteiger partial charge >= 0.3 is 11.9 Å². The van der Waals surface area contributed by atoms with Crippen LogP contribution in [0.4, 0.5) is 0 Å². The van der Waals surface area contributed by atoms with Gasteiger partial charge in [0.25, 0.3) is 0 Å². The highest BCUT2D eigenvalue weighted by Crippen LogP contribution is 2.13. The zero-order chi connectivity index (χ0) is 46.3. The summed E-state index contributed by atoms with van der Waals surface area (Å²) in [5.74, 6) is -1.80. The third-order valence-electron chi connectivity index (χ3n) is 10.2. The molecule has 0 saturated carbocycles. The number of allylic oxidation sites excluding steroid dienone is 18. The molecule has 2 unspecified atom stereocenters. The molecule has 0 aliphatic carbocycles. The molecule has 0 radical (unpaired) electrons. The van der Waals surface area contributed by atoms with Gasteiger partial charge in [-0.05, 0) is 96.3 Å². The van der Waals surface area contributed by atoms with Crippen LogP contribution in [0.3, 0.4) is 0 Å². The zero-order valence-corrected chi connectivity index (χ0v) is 40.4.